The van der Waals surface area contributed by atoms with Gasteiger partial charge in [0.05, 0.1) is 6.61 Å². The summed E-state index contributed by atoms with van der Waals surface area (Å²) in [7, 11) is 0. The van der Waals surface area contributed by atoms with Crippen molar-refractivity contribution in [1.29, 1.82) is 0 Å². The summed E-state index contributed by atoms with van der Waals surface area (Å²) in [6, 6.07) is 8.27. The fourth-order valence-corrected chi connectivity index (χ4v) is 1.22. The number of halogens is 1. The Balaban J connectivity index is 0.00000196. The first-order valence-electron chi connectivity index (χ1n) is 5.17. The monoisotopic (exact) mass is 229 g/mol. The van der Waals surface area contributed by atoms with Crippen LogP contribution in [0.4, 0.5) is 0 Å². The number of hydrogen-bond donors (Lipinski definition) is 1. The molecule has 86 valence electrons. The van der Waals surface area contributed by atoms with Gasteiger partial charge < -0.3 is 10.5 Å². The third-order valence-electron chi connectivity index (χ3n) is 2.16. The molecule has 15 heavy (non-hydrogen) atoms. The van der Waals surface area contributed by atoms with Crippen molar-refractivity contribution >= 4 is 12.4 Å². The molecule has 0 saturated carbocycles. The molecule has 0 atom stereocenters. The van der Waals surface area contributed by atoms with Gasteiger partial charge in [0.25, 0.3) is 0 Å². The van der Waals surface area contributed by atoms with E-state index in [0.717, 1.165) is 12.2 Å². The highest BCUT2D eigenvalue weighted by molar-refractivity contribution is 5.85. The second-order valence-electron chi connectivity index (χ2n) is 3.71. The van der Waals surface area contributed by atoms with E-state index in [-0.39, 0.29) is 12.4 Å². The molecule has 1 aromatic carbocycles. The van der Waals surface area contributed by atoms with Crippen molar-refractivity contribution < 1.29 is 4.74 Å². The average molecular weight is 230 g/mol. The highest BCUT2D eigenvalue weighted by Gasteiger charge is 1.98. The van der Waals surface area contributed by atoms with Gasteiger partial charge >= 0.3 is 0 Å². The van der Waals surface area contributed by atoms with Gasteiger partial charge in [-0.15, -0.1) is 12.4 Å². The summed E-state index contributed by atoms with van der Waals surface area (Å²) in [6.07, 6.45) is 0.909. The molecule has 0 spiro atoms. The van der Waals surface area contributed by atoms with Crippen molar-refractivity contribution in [2.24, 2.45) is 5.73 Å². The van der Waals surface area contributed by atoms with Crippen LogP contribution in [0.1, 0.15) is 31.7 Å². The lowest BCUT2D eigenvalue weighted by atomic mass is 10.0. The van der Waals surface area contributed by atoms with Crippen LogP contribution in [0.3, 0.4) is 0 Å². The van der Waals surface area contributed by atoms with E-state index in [4.69, 9.17) is 10.5 Å². The predicted molar refractivity (Wildman–Crippen MR) is 66.9 cm³/mol. The molecule has 0 saturated heterocycles. The molecular weight excluding hydrogens is 210 g/mol. The van der Waals surface area contributed by atoms with Crippen LogP contribution >= 0.6 is 12.4 Å². The van der Waals surface area contributed by atoms with Gasteiger partial charge in [0.2, 0.25) is 0 Å². The van der Waals surface area contributed by atoms with Crippen molar-refractivity contribution in [2.75, 3.05) is 13.2 Å². The van der Waals surface area contributed by atoms with Gasteiger partial charge in [0.1, 0.15) is 5.75 Å². The molecule has 0 fully saturated rings. The van der Waals surface area contributed by atoms with Crippen LogP contribution in [-0.4, -0.2) is 13.2 Å². The molecule has 2 N–H and O–H groups in total. The molecule has 0 unspecified atom stereocenters. The molecule has 0 bridgehead atoms. The molecule has 3 heteroatoms. The maximum atomic E-state index is 5.50. The summed E-state index contributed by atoms with van der Waals surface area (Å²) in [5.41, 5.74) is 6.72. The molecule has 1 rings (SSSR count). The van der Waals surface area contributed by atoms with Gasteiger partial charge in [0.15, 0.2) is 0 Å². The van der Waals surface area contributed by atoms with E-state index in [1.807, 2.05) is 12.1 Å². The quantitative estimate of drug-likeness (QED) is 0.788. The zero-order valence-corrected chi connectivity index (χ0v) is 10.2. The molecule has 2 nitrogen and oxygen atoms in total. The van der Waals surface area contributed by atoms with Crippen molar-refractivity contribution in [3.8, 4) is 5.75 Å². The minimum Gasteiger partial charge on any atom is -0.494 e. The third-order valence-corrected chi connectivity index (χ3v) is 2.16. The smallest absolute Gasteiger partial charge is 0.119 e. The van der Waals surface area contributed by atoms with Crippen molar-refractivity contribution in [3.05, 3.63) is 29.8 Å². The minimum absolute atomic E-state index is 0. The van der Waals surface area contributed by atoms with E-state index in [2.05, 4.69) is 26.0 Å². The minimum atomic E-state index is 0. The van der Waals surface area contributed by atoms with Gasteiger partial charge in [0, 0.05) is 0 Å². The highest BCUT2D eigenvalue weighted by atomic mass is 35.5. The number of ether oxygens (including phenoxy) is 1. The van der Waals surface area contributed by atoms with E-state index in [1.54, 1.807) is 0 Å². The predicted octanol–water partition coefficient (Wildman–Crippen LogP) is 2.96. The first-order chi connectivity index (χ1) is 6.74. The zero-order valence-electron chi connectivity index (χ0n) is 9.40. The molecule has 0 heterocycles. The summed E-state index contributed by atoms with van der Waals surface area (Å²) in [6.45, 7) is 5.76. The van der Waals surface area contributed by atoms with Gasteiger partial charge in [-0.2, -0.15) is 0 Å². The van der Waals surface area contributed by atoms with Crippen LogP contribution in [0.15, 0.2) is 24.3 Å². The first-order valence-corrected chi connectivity index (χ1v) is 5.17. The first kappa shape index (κ1) is 14.3. The molecule has 0 aliphatic rings. The Morgan fingerprint density at radius 1 is 1.20 bits per heavy atom. The topological polar surface area (TPSA) is 35.2 Å². The van der Waals surface area contributed by atoms with E-state index in [1.165, 1.54) is 5.56 Å². The van der Waals surface area contributed by atoms with E-state index >= 15 is 0 Å². The number of hydrogen-bond acceptors (Lipinski definition) is 2. The van der Waals surface area contributed by atoms with Crippen LogP contribution in [0.5, 0.6) is 5.75 Å². The van der Waals surface area contributed by atoms with Gasteiger partial charge in [-0.3, -0.25) is 0 Å². The Bertz CT molecular complexity index is 259. The molecule has 0 amide bonds. The SMILES string of the molecule is CC(C)c1ccc(OCCCN)cc1.Cl. The normalized spacial score (nSPS) is 9.87. The summed E-state index contributed by atoms with van der Waals surface area (Å²) >= 11 is 0. The summed E-state index contributed by atoms with van der Waals surface area (Å²) in [5.74, 6) is 1.51. The molecule has 0 aliphatic heterocycles. The van der Waals surface area contributed by atoms with Crippen molar-refractivity contribution in [1.82, 2.24) is 0 Å². The molecule has 0 aliphatic carbocycles. The largest absolute Gasteiger partial charge is 0.494 e. The van der Waals surface area contributed by atoms with Gasteiger partial charge in [-0.05, 0) is 36.6 Å². The lowest BCUT2D eigenvalue weighted by molar-refractivity contribution is 0.313. The Morgan fingerprint density at radius 3 is 2.27 bits per heavy atom. The lowest BCUT2D eigenvalue weighted by Gasteiger charge is -2.08. The summed E-state index contributed by atoms with van der Waals surface area (Å²) in [4.78, 5) is 0. The number of rotatable bonds is 5. The van der Waals surface area contributed by atoms with Crippen LogP contribution < -0.4 is 10.5 Å². The molecule has 1 aromatic rings. The van der Waals surface area contributed by atoms with E-state index in [9.17, 15) is 0 Å². The van der Waals surface area contributed by atoms with Crippen LogP contribution in [0, 0.1) is 0 Å². The number of nitrogens with two attached hydrogens (primary N) is 1. The Morgan fingerprint density at radius 2 is 1.80 bits per heavy atom. The molecule has 0 radical (unpaired) electrons. The van der Waals surface area contributed by atoms with Gasteiger partial charge in [-0.1, -0.05) is 26.0 Å². The van der Waals surface area contributed by atoms with Crippen molar-refractivity contribution in [2.45, 2.75) is 26.2 Å². The Kier molecular flexibility index (Phi) is 7.18. The fourth-order valence-electron chi connectivity index (χ4n) is 1.22. The fraction of sp³-hybridized carbons (Fsp3) is 0.500. The number of benzene rings is 1. The zero-order chi connectivity index (χ0) is 10.4. The van der Waals surface area contributed by atoms with Gasteiger partial charge in [-0.25, -0.2) is 0 Å². The second-order valence-corrected chi connectivity index (χ2v) is 3.71. The maximum absolute atomic E-state index is 5.50. The van der Waals surface area contributed by atoms with Crippen LogP contribution in [0.2, 0.25) is 0 Å². The molecular formula is C12H20ClNO. The van der Waals surface area contributed by atoms with Crippen molar-refractivity contribution in [3.63, 3.8) is 0 Å². The summed E-state index contributed by atoms with van der Waals surface area (Å²) < 4.78 is 5.50. The van der Waals surface area contributed by atoms with E-state index < -0.39 is 0 Å². The third kappa shape index (κ3) is 5.05. The van der Waals surface area contributed by atoms with Crippen LogP contribution in [-0.2, 0) is 0 Å². The average Bonchev–Trinajstić information content (AvgIpc) is 2.19. The lowest BCUT2D eigenvalue weighted by Crippen LogP contribution is -2.06. The highest BCUT2D eigenvalue weighted by Crippen LogP contribution is 2.18. The van der Waals surface area contributed by atoms with E-state index in [0.29, 0.717) is 19.1 Å². The maximum Gasteiger partial charge on any atom is 0.119 e. The Labute approximate surface area is 98.2 Å². The Hall–Kier alpha value is -0.730. The standard InChI is InChI=1S/C12H19NO.ClH/c1-10(2)11-4-6-12(7-5-11)14-9-3-8-13;/h4-7,10H,3,8-9,13H2,1-2H3;1H. The second kappa shape index (κ2) is 7.55. The van der Waals surface area contributed by atoms with Crippen LogP contribution in [0.25, 0.3) is 0 Å². The summed E-state index contributed by atoms with van der Waals surface area (Å²) in [5, 5.41) is 0. The molecule has 0 aromatic heterocycles.